The molecule has 31 heavy (non-hydrogen) atoms. The second-order valence-electron chi connectivity index (χ2n) is 7.19. The number of anilines is 2. The first-order chi connectivity index (χ1) is 14.8. The lowest BCUT2D eigenvalue weighted by Crippen LogP contribution is -2.36. The van der Waals surface area contributed by atoms with Crippen LogP contribution in [0, 0.1) is 0 Å². The Morgan fingerprint density at radius 3 is 2.39 bits per heavy atom. The molecule has 2 heterocycles. The SMILES string of the molecule is CCOC(=O)c1c(NC(=O)c2ccc(N(C)C)cc2)sc2c1CCN(C(=O)OCC)C2. The van der Waals surface area contributed by atoms with Gasteiger partial charge in [-0.3, -0.25) is 4.79 Å². The summed E-state index contributed by atoms with van der Waals surface area (Å²) in [6.07, 6.45) is 0.109. The van der Waals surface area contributed by atoms with Crippen molar-refractivity contribution in [1.82, 2.24) is 4.90 Å². The quantitative estimate of drug-likeness (QED) is 0.681. The monoisotopic (exact) mass is 445 g/mol. The minimum absolute atomic E-state index is 0.234. The van der Waals surface area contributed by atoms with Crippen LogP contribution in [0.4, 0.5) is 15.5 Å². The third-order valence-electron chi connectivity index (χ3n) is 4.94. The molecule has 0 unspecified atom stereocenters. The van der Waals surface area contributed by atoms with Crippen molar-refractivity contribution in [3.05, 3.63) is 45.8 Å². The molecule has 1 N–H and O–H groups in total. The third kappa shape index (κ3) is 4.99. The molecule has 3 rings (SSSR count). The van der Waals surface area contributed by atoms with Crippen molar-refractivity contribution in [3.63, 3.8) is 0 Å². The molecule has 0 spiro atoms. The van der Waals surface area contributed by atoms with E-state index < -0.39 is 5.97 Å². The number of thiophene rings is 1. The van der Waals surface area contributed by atoms with Gasteiger partial charge >= 0.3 is 12.1 Å². The number of carbonyl (C=O) groups excluding carboxylic acids is 3. The van der Waals surface area contributed by atoms with E-state index in [1.807, 2.05) is 31.1 Å². The molecule has 0 atom stereocenters. The highest BCUT2D eigenvalue weighted by Crippen LogP contribution is 2.38. The zero-order chi connectivity index (χ0) is 22.5. The minimum atomic E-state index is -0.470. The summed E-state index contributed by atoms with van der Waals surface area (Å²) in [7, 11) is 3.85. The molecule has 0 fully saturated rings. The number of nitrogens with zero attached hydrogens (tertiary/aromatic N) is 2. The molecule has 0 bridgehead atoms. The molecule has 0 aliphatic carbocycles. The van der Waals surface area contributed by atoms with E-state index >= 15 is 0 Å². The van der Waals surface area contributed by atoms with E-state index in [4.69, 9.17) is 9.47 Å². The standard InChI is InChI=1S/C22H27N3O5S/c1-5-29-21(27)18-16-11-12-25(22(28)30-6-2)13-17(16)31-20(18)23-19(26)14-7-9-15(10-8-14)24(3)4/h7-10H,5-6,11-13H2,1-4H3,(H,23,26). The summed E-state index contributed by atoms with van der Waals surface area (Å²) in [6.45, 7) is 4.80. The van der Waals surface area contributed by atoms with Gasteiger partial charge in [-0.05, 0) is 50.1 Å². The van der Waals surface area contributed by atoms with Crippen LogP contribution in [0.1, 0.15) is 45.0 Å². The molecule has 1 aliphatic heterocycles. The number of ether oxygens (including phenoxy) is 2. The third-order valence-corrected chi connectivity index (χ3v) is 6.07. The molecular weight excluding hydrogens is 418 g/mol. The molecule has 166 valence electrons. The number of carbonyl (C=O) groups is 3. The van der Waals surface area contributed by atoms with Crippen LogP contribution in [0.3, 0.4) is 0 Å². The number of hydrogen-bond donors (Lipinski definition) is 1. The Hall–Kier alpha value is -3.07. The molecular formula is C22H27N3O5S. The highest BCUT2D eigenvalue weighted by molar-refractivity contribution is 7.17. The Balaban J connectivity index is 1.88. The van der Waals surface area contributed by atoms with Gasteiger partial charge in [0.15, 0.2) is 0 Å². The van der Waals surface area contributed by atoms with E-state index in [9.17, 15) is 14.4 Å². The van der Waals surface area contributed by atoms with Crippen LogP contribution in [-0.2, 0) is 22.4 Å². The molecule has 2 aromatic rings. The van der Waals surface area contributed by atoms with Crippen molar-refractivity contribution in [2.45, 2.75) is 26.8 Å². The predicted molar refractivity (Wildman–Crippen MR) is 120 cm³/mol. The van der Waals surface area contributed by atoms with Gasteiger partial charge in [0, 0.05) is 36.8 Å². The normalized spacial score (nSPS) is 12.7. The van der Waals surface area contributed by atoms with E-state index in [2.05, 4.69) is 5.32 Å². The maximum Gasteiger partial charge on any atom is 0.410 e. The number of rotatable bonds is 6. The molecule has 0 saturated carbocycles. The number of hydrogen-bond acceptors (Lipinski definition) is 7. The van der Waals surface area contributed by atoms with Crippen LogP contribution in [0.2, 0.25) is 0 Å². The zero-order valence-electron chi connectivity index (χ0n) is 18.2. The molecule has 1 aliphatic rings. The lowest BCUT2D eigenvalue weighted by Gasteiger charge is -2.26. The highest BCUT2D eigenvalue weighted by Gasteiger charge is 2.31. The number of nitrogens with one attached hydrogen (secondary N) is 1. The summed E-state index contributed by atoms with van der Waals surface area (Å²) < 4.78 is 10.3. The van der Waals surface area contributed by atoms with E-state index in [-0.39, 0.29) is 18.6 Å². The minimum Gasteiger partial charge on any atom is -0.462 e. The fraction of sp³-hybridized carbons (Fsp3) is 0.409. The maximum absolute atomic E-state index is 12.8. The molecule has 8 nitrogen and oxygen atoms in total. The summed E-state index contributed by atoms with van der Waals surface area (Å²) in [6, 6.07) is 7.20. The van der Waals surface area contributed by atoms with E-state index in [0.717, 1.165) is 16.1 Å². The van der Waals surface area contributed by atoms with Gasteiger partial charge in [0.05, 0.1) is 25.3 Å². The summed E-state index contributed by atoms with van der Waals surface area (Å²) in [5.41, 5.74) is 2.67. The largest absolute Gasteiger partial charge is 0.462 e. The topological polar surface area (TPSA) is 88.2 Å². The zero-order valence-corrected chi connectivity index (χ0v) is 19.0. The van der Waals surface area contributed by atoms with Gasteiger partial charge in [-0.25, -0.2) is 9.59 Å². The second kappa shape index (κ2) is 9.82. The Kier molecular flexibility index (Phi) is 7.17. The summed E-state index contributed by atoms with van der Waals surface area (Å²) in [5.74, 6) is -0.778. The van der Waals surface area contributed by atoms with Crippen molar-refractivity contribution in [3.8, 4) is 0 Å². The number of esters is 1. The lowest BCUT2D eigenvalue weighted by atomic mass is 10.0. The van der Waals surface area contributed by atoms with Crippen molar-refractivity contribution in [1.29, 1.82) is 0 Å². The number of benzene rings is 1. The number of amides is 2. The van der Waals surface area contributed by atoms with Gasteiger partial charge in [0.1, 0.15) is 5.00 Å². The van der Waals surface area contributed by atoms with E-state index in [0.29, 0.717) is 42.2 Å². The van der Waals surface area contributed by atoms with Gasteiger partial charge in [-0.1, -0.05) is 0 Å². The van der Waals surface area contributed by atoms with Crippen LogP contribution in [0.5, 0.6) is 0 Å². The molecule has 2 amide bonds. The predicted octanol–water partition coefficient (Wildman–Crippen LogP) is 3.76. The average Bonchev–Trinajstić information content (AvgIpc) is 3.11. The van der Waals surface area contributed by atoms with E-state index in [1.165, 1.54) is 11.3 Å². The van der Waals surface area contributed by atoms with Crippen molar-refractivity contribution < 1.29 is 23.9 Å². The van der Waals surface area contributed by atoms with Crippen molar-refractivity contribution >= 4 is 40.0 Å². The number of fused-ring (bicyclic) bond motifs is 1. The van der Waals surface area contributed by atoms with Crippen LogP contribution >= 0.6 is 11.3 Å². The fourth-order valence-electron chi connectivity index (χ4n) is 3.37. The average molecular weight is 446 g/mol. The first-order valence-corrected chi connectivity index (χ1v) is 11.0. The van der Waals surface area contributed by atoms with Crippen molar-refractivity contribution in [2.24, 2.45) is 0 Å². The maximum atomic E-state index is 12.8. The first-order valence-electron chi connectivity index (χ1n) is 10.2. The second-order valence-corrected chi connectivity index (χ2v) is 8.30. The Morgan fingerprint density at radius 2 is 1.77 bits per heavy atom. The molecule has 1 aromatic carbocycles. The molecule has 0 radical (unpaired) electrons. The van der Waals surface area contributed by atoms with Crippen LogP contribution in [-0.4, -0.2) is 56.7 Å². The van der Waals surface area contributed by atoms with Gasteiger partial charge in [0.2, 0.25) is 0 Å². The van der Waals surface area contributed by atoms with Gasteiger partial charge in [0.25, 0.3) is 5.91 Å². The van der Waals surface area contributed by atoms with Crippen LogP contribution in [0.15, 0.2) is 24.3 Å². The summed E-state index contributed by atoms with van der Waals surface area (Å²) in [5, 5.41) is 3.31. The van der Waals surface area contributed by atoms with Crippen LogP contribution < -0.4 is 10.2 Å². The fourth-order valence-corrected chi connectivity index (χ4v) is 4.61. The van der Waals surface area contributed by atoms with Crippen molar-refractivity contribution in [2.75, 3.05) is 44.1 Å². The van der Waals surface area contributed by atoms with Gasteiger partial charge in [-0.15, -0.1) is 11.3 Å². The Morgan fingerprint density at radius 1 is 1.10 bits per heavy atom. The lowest BCUT2D eigenvalue weighted by molar-refractivity contribution is 0.0526. The van der Waals surface area contributed by atoms with E-state index in [1.54, 1.807) is 30.9 Å². The smallest absolute Gasteiger partial charge is 0.410 e. The molecule has 1 aromatic heterocycles. The van der Waals surface area contributed by atoms with Gasteiger partial charge in [-0.2, -0.15) is 0 Å². The Bertz CT molecular complexity index is 968. The highest BCUT2D eigenvalue weighted by atomic mass is 32.1. The summed E-state index contributed by atoms with van der Waals surface area (Å²) >= 11 is 1.30. The first kappa shape index (κ1) is 22.6. The summed E-state index contributed by atoms with van der Waals surface area (Å²) in [4.78, 5) is 42.0. The molecule has 9 heteroatoms. The van der Waals surface area contributed by atoms with Crippen LogP contribution in [0.25, 0.3) is 0 Å². The molecule has 0 saturated heterocycles. The Labute approximate surface area is 185 Å². The van der Waals surface area contributed by atoms with Gasteiger partial charge < -0.3 is 24.6 Å².